The number of carbonyl (C=O) groups excluding carboxylic acids is 2. The van der Waals surface area contributed by atoms with E-state index in [9.17, 15) is 14.7 Å². The topological polar surface area (TPSA) is 84.9 Å². The van der Waals surface area contributed by atoms with Crippen LogP contribution in [0.25, 0.3) is 0 Å². The average Bonchev–Trinajstić information content (AvgIpc) is 2.37. The number of aliphatic hydroxyl groups is 1. The second kappa shape index (κ2) is 8.94. The molecule has 0 fully saturated rings. The summed E-state index contributed by atoms with van der Waals surface area (Å²) in [5.74, 6) is 2.22. The quantitative estimate of drug-likeness (QED) is 0.453. The van der Waals surface area contributed by atoms with Gasteiger partial charge in [-0.05, 0) is 33.6 Å². The van der Waals surface area contributed by atoms with Gasteiger partial charge in [0.05, 0.1) is 7.11 Å². The van der Waals surface area contributed by atoms with Gasteiger partial charge in [-0.2, -0.15) is 0 Å². The van der Waals surface area contributed by atoms with Gasteiger partial charge in [-0.3, -0.25) is 0 Å². The Kier molecular flexibility index (Phi) is 8.35. The van der Waals surface area contributed by atoms with Gasteiger partial charge in [0, 0.05) is 0 Å². The van der Waals surface area contributed by atoms with E-state index in [4.69, 9.17) is 4.74 Å². The Balaban J connectivity index is 4.66. The molecule has 0 aromatic carbocycles. The number of aliphatic hydroxyl groups excluding tert-OH is 1. The number of ether oxygens (including phenoxy) is 2. The van der Waals surface area contributed by atoms with Crippen molar-refractivity contribution in [3.63, 3.8) is 0 Å². The number of rotatable bonds is 5. The molecule has 23 heavy (non-hydrogen) atoms. The van der Waals surface area contributed by atoms with Crippen LogP contribution in [0.4, 0.5) is 4.79 Å². The fourth-order valence-electron chi connectivity index (χ4n) is 1.54. The number of hydrogen-bond donors (Lipinski definition) is 2. The van der Waals surface area contributed by atoms with E-state index in [0.717, 1.165) is 0 Å². The second-order valence-electron chi connectivity index (χ2n) is 7.33. The molecule has 0 radical (unpaired) electrons. The van der Waals surface area contributed by atoms with Gasteiger partial charge >= 0.3 is 12.1 Å². The Labute approximate surface area is 139 Å². The lowest BCUT2D eigenvalue weighted by Crippen LogP contribution is -2.44. The molecule has 1 amide bonds. The third-order valence-electron chi connectivity index (χ3n) is 2.52. The fraction of sp³-hybridized carbons (Fsp3) is 0.750. The lowest BCUT2D eigenvalue weighted by Gasteiger charge is -2.22. The first-order valence-corrected chi connectivity index (χ1v) is 11.1. The SMILES string of the molecule is COC(=O)C(CCC(O)C#C[Si](C)(C)C)NC(=O)OC(C)(C)C. The summed E-state index contributed by atoms with van der Waals surface area (Å²) in [6, 6.07) is -0.877. The number of alkyl carbamates (subject to hydrolysis) is 1. The molecular formula is C16H29NO5Si. The molecule has 0 saturated heterocycles. The van der Waals surface area contributed by atoms with Crippen molar-refractivity contribution in [1.29, 1.82) is 0 Å². The second-order valence-corrected chi connectivity index (χ2v) is 12.1. The maximum absolute atomic E-state index is 11.8. The summed E-state index contributed by atoms with van der Waals surface area (Å²) < 4.78 is 9.79. The monoisotopic (exact) mass is 343 g/mol. The third kappa shape index (κ3) is 11.7. The van der Waals surface area contributed by atoms with E-state index in [0.29, 0.717) is 0 Å². The van der Waals surface area contributed by atoms with E-state index in [1.165, 1.54) is 7.11 Å². The van der Waals surface area contributed by atoms with Gasteiger partial charge in [0.25, 0.3) is 0 Å². The highest BCUT2D eigenvalue weighted by Gasteiger charge is 2.25. The van der Waals surface area contributed by atoms with Crippen molar-refractivity contribution >= 4 is 20.1 Å². The molecule has 0 saturated carbocycles. The summed E-state index contributed by atoms with van der Waals surface area (Å²) in [5, 5.41) is 12.4. The molecule has 6 nitrogen and oxygen atoms in total. The number of carbonyl (C=O) groups is 2. The van der Waals surface area contributed by atoms with Crippen molar-refractivity contribution < 1.29 is 24.2 Å². The minimum absolute atomic E-state index is 0.216. The Morgan fingerprint density at radius 2 is 1.78 bits per heavy atom. The molecule has 0 spiro atoms. The lowest BCUT2D eigenvalue weighted by atomic mass is 10.1. The molecule has 0 aliphatic heterocycles. The number of amides is 1. The van der Waals surface area contributed by atoms with Gasteiger partial charge in [0.15, 0.2) is 0 Å². The van der Waals surface area contributed by atoms with Crippen LogP contribution in [0.2, 0.25) is 19.6 Å². The first-order chi connectivity index (χ1) is 10.3. The molecule has 0 heterocycles. The molecule has 0 aliphatic carbocycles. The van der Waals surface area contributed by atoms with Gasteiger partial charge in [-0.25, -0.2) is 9.59 Å². The minimum Gasteiger partial charge on any atom is -0.467 e. The van der Waals surface area contributed by atoms with Crippen LogP contribution >= 0.6 is 0 Å². The van der Waals surface area contributed by atoms with Gasteiger partial charge in [0.1, 0.15) is 25.8 Å². The highest BCUT2D eigenvalue weighted by Crippen LogP contribution is 2.09. The zero-order valence-electron chi connectivity index (χ0n) is 15.1. The third-order valence-corrected chi connectivity index (χ3v) is 3.41. The average molecular weight is 343 g/mol. The molecule has 132 valence electrons. The van der Waals surface area contributed by atoms with E-state index in [2.05, 4.69) is 41.2 Å². The van der Waals surface area contributed by atoms with Crippen molar-refractivity contribution in [3.05, 3.63) is 0 Å². The Morgan fingerprint density at radius 1 is 1.22 bits per heavy atom. The summed E-state index contributed by atoms with van der Waals surface area (Å²) in [5.41, 5.74) is 2.41. The first-order valence-electron chi connectivity index (χ1n) is 7.62. The van der Waals surface area contributed by atoms with Crippen LogP contribution in [0.15, 0.2) is 0 Å². The molecule has 7 heteroatoms. The number of methoxy groups -OCH3 is 1. The summed E-state index contributed by atoms with van der Waals surface area (Å²) in [4.78, 5) is 23.5. The first kappa shape index (κ1) is 21.5. The Morgan fingerprint density at radius 3 is 2.22 bits per heavy atom. The van der Waals surface area contributed by atoms with Crippen LogP contribution in [-0.4, -0.2) is 50.1 Å². The molecule has 2 N–H and O–H groups in total. The van der Waals surface area contributed by atoms with Crippen LogP contribution in [0, 0.1) is 11.5 Å². The van der Waals surface area contributed by atoms with Crippen molar-refractivity contribution in [2.24, 2.45) is 0 Å². The molecular weight excluding hydrogens is 314 g/mol. The molecule has 0 aromatic rings. The predicted octanol–water partition coefficient (Wildman–Crippen LogP) is 2.07. The number of esters is 1. The molecule has 0 rings (SSSR count). The molecule has 2 atom stereocenters. The van der Waals surface area contributed by atoms with E-state index < -0.39 is 37.9 Å². The number of nitrogens with one attached hydrogen (secondary N) is 1. The normalized spacial score (nSPS) is 14.1. The highest BCUT2D eigenvalue weighted by atomic mass is 28.3. The van der Waals surface area contributed by atoms with Crippen LogP contribution < -0.4 is 5.32 Å². The van der Waals surface area contributed by atoms with Crippen molar-refractivity contribution in [2.75, 3.05) is 7.11 Å². The van der Waals surface area contributed by atoms with Crippen LogP contribution in [0.3, 0.4) is 0 Å². The largest absolute Gasteiger partial charge is 0.467 e. The van der Waals surface area contributed by atoms with Crippen molar-refractivity contribution in [1.82, 2.24) is 5.32 Å². The maximum atomic E-state index is 11.8. The zero-order chi connectivity index (χ0) is 18.3. The van der Waals surface area contributed by atoms with Gasteiger partial charge in [0.2, 0.25) is 0 Å². The zero-order valence-corrected chi connectivity index (χ0v) is 16.1. The molecule has 0 bridgehead atoms. The van der Waals surface area contributed by atoms with E-state index in [-0.39, 0.29) is 12.8 Å². The molecule has 0 aromatic heterocycles. The summed E-state index contributed by atoms with van der Waals surface area (Å²) in [6.07, 6.45) is -1.06. The summed E-state index contributed by atoms with van der Waals surface area (Å²) in [6.45, 7) is 11.4. The Hall–Kier alpha value is -1.52. The van der Waals surface area contributed by atoms with Crippen LogP contribution in [-0.2, 0) is 14.3 Å². The van der Waals surface area contributed by atoms with Crippen LogP contribution in [0.1, 0.15) is 33.6 Å². The van der Waals surface area contributed by atoms with Crippen molar-refractivity contribution in [3.8, 4) is 11.5 Å². The van der Waals surface area contributed by atoms with E-state index in [1.54, 1.807) is 20.8 Å². The smallest absolute Gasteiger partial charge is 0.408 e. The maximum Gasteiger partial charge on any atom is 0.408 e. The van der Waals surface area contributed by atoms with E-state index in [1.807, 2.05) is 0 Å². The molecule has 2 unspecified atom stereocenters. The predicted molar refractivity (Wildman–Crippen MR) is 91.5 cm³/mol. The minimum atomic E-state index is -1.56. The fourth-order valence-corrected chi connectivity index (χ4v) is 2.14. The van der Waals surface area contributed by atoms with Crippen molar-refractivity contribution in [2.45, 2.75) is 71.0 Å². The Bertz CT molecular complexity index is 468. The lowest BCUT2D eigenvalue weighted by molar-refractivity contribution is -0.143. The standard InChI is InChI=1S/C16H29NO5Si/c1-16(2,3)22-15(20)17-13(14(19)21-4)9-8-12(18)10-11-23(5,6)7/h12-13,18H,8-9H2,1-7H3,(H,17,20). The summed E-state index contributed by atoms with van der Waals surface area (Å²) >= 11 is 0. The van der Waals surface area contributed by atoms with Gasteiger partial charge < -0.3 is 19.9 Å². The van der Waals surface area contributed by atoms with Gasteiger partial charge in [-0.15, -0.1) is 5.54 Å². The van der Waals surface area contributed by atoms with E-state index >= 15 is 0 Å². The summed E-state index contributed by atoms with van der Waals surface area (Å²) in [7, 11) is -0.317. The molecule has 0 aliphatic rings. The highest BCUT2D eigenvalue weighted by molar-refractivity contribution is 6.83. The van der Waals surface area contributed by atoms with Gasteiger partial charge in [-0.1, -0.05) is 25.6 Å². The number of hydrogen-bond acceptors (Lipinski definition) is 5. The van der Waals surface area contributed by atoms with Crippen LogP contribution in [0.5, 0.6) is 0 Å².